The highest BCUT2D eigenvalue weighted by molar-refractivity contribution is 5.81. The molecule has 1 amide bonds. The summed E-state index contributed by atoms with van der Waals surface area (Å²) in [5.74, 6) is -6.79. The van der Waals surface area contributed by atoms with E-state index < -0.39 is 53.1 Å². The third-order valence-corrected chi connectivity index (χ3v) is 4.05. The summed E-state index contributed by atoms with van der Waals surface area (Å²) in [5.41, 5.74) is -1.29. The molecule has 0 aromatic heterocycles. The third-order valence-electron chi connectivity index (χ3n) is 4.05. The van der Waals surface area contributed by atoms with Gasteiger partial charge in [0.15, 0.2) is 6.04 Å². The van der Waals surface area contributed by atoms with E-state index in [-0.39, 0.29) is 19.3 Å². The molecule has 1 aromatic carbocycles. The number of nitrogens with one attached hydrogen (secondary N) is 1. The second-order valence-electron chi connectivity index (χ2n) is 5.66. The average Bonchev–Trinajstić information content (AvgIpc) is 2.94. The van der Waals surface area contributed by atoms with Crippen LogP contribution >= 0.6 is 0 Å². The van der Waals surface area contributed by atoms with Crippen molar-refractivity contribution in [3.8, 4) is 0 Å². The van der Waals surface area contributed by atoms with Crippen LogP contribution in [-0.2, 0) is 9.59 Å². The van der Waals surface area contributed by atoms with Crippen LogP contribution in [0.3, 0.4) is 0 Å². The molecule has 0 radical (unpaired) electrons. The molecule has 132 valence electrons. The van der Waals surface area contributed by atoms with Crippen LogP contribution in [0, 0.1) is 23.5 Å². The third kappa shape index (κ3) is 3.82. The Kier molecular flexibility index (Phi) is 5.10. The molecule has 9 heteroatoms. The number of halogens is 5. The van der Waals surface area contributed by atoms with Crippen molar-refractivity contribution in [1.82, 2.24) is 5.32 Å². The maximum Gasteiger partial charge on any atom is 0.413 e. The van der Waals surface area contributed by atoms with Crippen molar-refractivity contribution in [2.24, 2.45) is 11.8 Å². The molecule has 0 bridgehead atoms. The normalized spacial score (nSPS) is 22.2. The molecular weight excluding hydrogens is 337 g/mol. The number of carbonyl (C=O) groups excluding carboxylic acids is 1. The van der Waals surface area contributed by atoms with Crippen LogP contribution in [-0.4, -0.2) is 23.2 Å². The first kappa shape index (κ1) is 18.2. The van der Waals surface area contributed by atoms with Gasteiger partial charge < -0.3 is 10.4 Å². The standard InChI is InChI=1S/C15H14F5NO3/c16-9-2-1-3-10(17)11(9)12(15(18,19)20)21-13(22)7-4-5-8(6-7)14(23)24/h1-3,7-8,12H,4-6H2,(H,21,22)(H,23,24)/t7-,8+,12?/m0/s1. The molecule has 3 atom stereocenters. The predicted octanol–water partition coefficient (Wildman–Crippen LogP) is 3.19. The molecule has 1 aliphatic rings. The fourth-order valence-electron chi connectivity index (χ4n) is 2.81. The number of amides is 1. The number of hydrogen-bond donors (Lipinski definition) is 2. The molecule has 1 unspecified atom stereocenters. The van der Waals surface area contributed by atoms with Gasteiger partial charge >= 0.3 is 12.1 Å². The summed E-state index contributed by atoms with van der Waals surface area (Å²) in [7, 11) is 0. The molecular formula is C15H14F5NO3. The van der Waals surface area contributed by atoms with Gasteiger partial charge in [-0.1, -0.05) is 6.07 Å². The number of hydrogen-bond acceptors (Lipinski definition) is 2. The second kappa shape index (κ2) is 6.74. The van der Waals surface area contributed by atoms with Gasteiger partial charge in [-0.05, 0) is 31.4 Å². The Morgan fingerprint density at radius 3 is 2.12 bits per heavy atom. The maximum absolute atomic E-state index is 13.7. The Morgan fingerprint density at radius 2 is 1.67 bits per heavy atom. The van der Waals surface area contributed by atoms with Crippen molar-refractivity contribution in [3.63, 3.8) is 0 Å². The molecule has 1 aliphatic carbocycles. The molecule has 0 spiro atoms. The topological polar surface area (TPSA) is 66.4 Å². The molecule has 2 N–H and O–H groups in total. The first-order valence-corrected chi connectivity index (χ1v) is 7.15. The van der Waals surface area contributed by atoms with E-state index in [1.165, 1.54) is 0 Å². The zero-order valence-electron chi connectivity index (χ0n) is 12.2. The minimum atomic E-state index is -5.11. The van der Waals surface area contributed by atoms with Crippen molar-refractivity contribution in [1.29, 1.82) is 0 Å². The van der Waals surface area contributed by atoms with Gasteiger partial charge in [-0.2, -0.15) is 13.2 Å². The highest BCUT2D eigenvalue weighted by atomic mass is 19.4. The van der Waals surface area contributed by atoms with E-state index in [2.05, 4.69) is 0 Å². The van der Waals surface area contributed by atoms with E-state index in [9.17, 15) is 31.5 Å². The molecule has 4 nitrogen and oxygen atoms in total. The Hall–Kier alpha value is -2.19. The molecule has 0 saturated heterocycles. The van der Waals surface area contributed by atoms with Gasteiger partial charge in [0.2, 0.25) is 5.91 Å². The summed E-state index contributed by atoms with van der Waals surface area (Å²) in [6, 6.07) is -0.591. The van der Waals surface area contributed by atoms with Gasteiger partial charge in [-0.3, -0.25) is 9.59 Å². The van der Waals surface area contributed by atoms with Crippen LogP contribution in [0.1, 0.15) is 30.9 Å². The van der Waals surface area contributed by atoms with Crippen LogP contribution in [0.5, 0.6) is 0 Å². The van der Waals surface area contributed by atoms with Crippen molar-refractivity contribution in [3.05, 3.63) is 35.4 Å². The minimum absolute atomic E-state index is 0.104. The zero-order valence-corrected chi connectivity index (χ0v) is 12.2. The van der Waals surface area contributed by atoms with E-state index >= 15 is 0 Å². The summed E-state index contributed by atoms with van der Waals surface area (Å²) in [5, 5.41) is 10.5. The SMILES string of the molecule is O=C(O)[C@@H]1CC[C@H](C(=O)NC(c2c(F)cccc2F)C(F)(F)F)C1. The van der Waals surface area contributed by atoms with Gasteiger partial charge in [-0.15, -0.1) is 0 Å². The lowest BCUT2D eigenvalue weighted by Crippen LogP contribution is -2.41. The molecule has 2 rings (SSSR count). The van der Waals surface area contributed by atoms with Crippen LogP contribution in [0.25, 0.3) is 0 Å². The van der Waals surface area contributed by atoms with Crippen LogP contribution in [0.2, 0.25) is 0 Å². The van der Waals surface area contributed by atoms with Gasteiger partial charge in [0.25, 0.3) is 0 Å². The molecule has 1 saturated carbocycles. The lowest BCUT2D eigenvalue weighted by atomic mass is 10.0. The summed E-state index contributed by atoms with van der Waals surface area (Å²) in [6.45, 7) is 0. The smallest absolute Gasteiger partial charge is 0.413 e. The number of carboxylic acids is 1. The van der Waals surface area contributed by atoms with Gasteiger partial charge in [0, 0.05) is 5.92 Å². The van der Waals surface area contributed by atoms with Crippen molar-refractivity contribution >= 4 is 11.9 Å². The monoisotopic (exact) mass is 351 g/mol. The Labute approximate surface area is 133 Å². The highest BCUT2D eigenvalue weighted by Gasteiger charge is 2.46. The minimum Gasteiger partial charge on any atom is -0.481 e. The van der Waals surface area contributed by atoms with Gasteiger partial charge in [0.1, 0.15) is 11.6 Å². The zero-order chi connectivity index (χ0) is 18.1. The summed E-state index contributed by atoms with van der Waals surface area (Å²) < 4.78 is 66.8. The van der Waals surface area contributed by atoms with E-state index in [4.69, 9.17) is 5.11 Å². The number of aliphatic carboxylic acids is 1. The number of benzene rings is 1. The highest BCUT2D eigenvalue weighted by Crippen LogP contribution is 2.37. The fraction of sp³-hybridized carbons (Fsp3) is 0.467. The lowest BCUT2D eigenvalue weighted by Gasteiger charge is -2.24. The van der Waals surface area contributed by atoms with Crippen LogP contribution < -0.4 is 5.32 Å². The molecule has 0 aliphatic heterocycles. The Morgan fingerprint density at radius 1 is 1.12 bits per heavy atom. The van der Waals surface area contributed by atoms with Crippen molar-refractivity contribution in [2.45, 2.75) is 31.5 Å². The summed E-state index contributed by atoms with van der Waals surface area (Å²) in [6.07, 6.45) is -4.94. The predicted molar refractivity (Wildman–Crippen MR) is 71.8 cm³/mol. The van der Waals surface area contributed by atoms with Gasteiger partial charge in [-0.25, -0.2) is 8.78 Å². The van der Waals surface area contributed by atoms with E-state index in [0.717, 1.165) is 6.07 Å². The summed E-state index contributed by atoms with van der Waals surface area (Å²) >= 11 is 0. The molecule has 24 heavy (non-hydrogen) atoms. The van der Waals surface area contributed by atoms with Gasteiger partial charge in [0.05, 0.1) is 11.5 Å². The quantitative estimate of drug-likeness (QED) is 0.819. The van der Waals surface area contributed by atoms with E-state index in [1.54, 1.807) is 5.32 Å². The Bertz CT molecular complexity index is 626. The molecule has 1 aromatic rings. The molecule has 0 heterocycles. The average molecular weight is 351 g/mol. The fourth-order valence-corrected chi connectivity index (χ4v) is 2.81. The first-order chi connectivity index (χ1) is 11.1. The molecule has 1 fully saturated rings. The first-order valence-electron chi connectivity index (χ1n) is 7.15. The van der Waals surface area contributed by atoms with E-state index in [0.29, 0.717) is 12.1 Å². The summed E-state index contributed by atoms with van der Waals surface area (Å²) in [4.78, 5) is 22.9. The Balaban J connectivity index is 2.22. The number of alkyl halides is 3. The maximum atomic E-state index is 13.7. The van der Waals surface area contributed by atoms with Crippen LogP contribution in [0.4, 0.5) is 22.0 Å². The number of carbonyl (C=O) groups is 2. The van der Waals surface area contributed by atoms with Crippen LogP contribution in [0.15, 0.2) is 18.2 Å². The lowest BCUT2D eigenvalue weighted by molar-refractivity contribution is -0.165. The van der Waals surface area contributed by atoms with E-state index in [1.807, 2.05) is 0 Å². The largest absolute Gasteiger partial charge is 0.481 e. The second-order valence-corrected chi connectivity index (χ2v) is 5.66. The van der Waals surface area contributed by atoms with Crippen molar-refractivity contribution in [2.75, 3.05) is 0 Å². The number of carboxylic acid groups (broad SMARTS) is 1. The number of rotatable bonds is 4. The van der Waals surface area contributed by atoms with Crippen molar-refractivity contribution < 1.29 is 36.6 Å².